The molecular weight excluding hydrogens is 288 g/mol. The van der Waals surface area contributed by atoms with Crippen molar-refractivity contribution in [3.05, 3.63) is 41.9 Å². The van der Waals surface area contributed by atoms with Crippen LogP contribution in [-0.2, 0) is 11.2 Å². The van der Waals surface area contributed by atoms with Crippen LogP contribution in [0.25, 0.3) is 11.3 Å². The van der Waals surface area contributed by atoms with Gasteiger partial charge >= 0.3 is 0 Å². The fourth-order valence-electron chi connectivity index (χ4n) is 2.89. The molecule has 1 heterocycles. The van der Waals surface area contributed by atoms with Crippen LogP contribution in [0, 0.1) is 6.92 Å². The first-order valence-electron chi connectivity index (χ1n) is 8.37. The molecule has 1 fully saturated rings. The molecular formula is C19H24N2O2. The number of oxazole rings is 1. The predicted octanol–water partition coefficient (Wildman–Crippen LogP) is 3.98. The average molecular weight is 312 g/mol. The van der Waals surface area contributed by atoms with E-state index < -0.39 is 0 Å². The molecule has 1 saturated carbocycles. The molecule has 0 radical (unpaired) electrons. The van der Waals surface area contributed by atoms with Crippen molar-refractivity contribution in [3.63, 3.8) is 0 Å². The molecule has 0 spiro atoms. The molecule has 1 amide bonds. The second kappa shape index (κ2) is 6.57. The van der Waals surface area contributed by atoms with Crippen molar-refractivity contribution in [1.29, 1.82) is 0 Å². The number of amides is 1. The van der Waals surface area contributed by atoms with Crippen molar-refractivity contribution >= 4 is 5.91 Å². The maximum Gasteiger partial charge on any atom is 0.223 e. The highest BCUT2D eigenvalue weighted by Gasteiger charge is 2.33. The van der Waals surface area contributed by atoms with Crippen molar-refractivity contribution in [2.24, 2.45) is 0 Å². The van der Waals surface area contributed by atoms with Crippen LogP contribution in [-0.4, -0.2) is 27.9 Å². The van der Waals surface area contributed by atoms with E-state index in [1.165, 1.54) is 5.56 Å². The molecule has 122 valence electrons. The quantitative estimate of drug-likeness (QED) is 0.810. The zero-order valence-corrected chi connectivity index (χ0v) is 14.1. The van der Waals surface area contributed by atoms with E-state index in [2.05, 4.69) is 37.9 Å². The number of carbonyl (C=O) groups excluding carboxylic acids is 1. The van der Waals surface area contributed by atoms with Gasteiger partial charge in [-0.3, -0.25) is 4.79 Å². The minimum absolute atomic E-state index is 0.206. The zero-order chi connectivity index (χ0) is 16.4. The summed E-state index contributed by atoms with van der Waals surface area (Å²) in [5, 5.41) is 0. The molecule has 0 saturated heterocycles. The minimum atomic E-state index is 0.206. The molecule has 0 atom stereocenters. The van der Waals surface area contributed by atoms with Crippen molar-refractivity contribution in [2.45, 2.75) is 58.5 Å². The Morgan fingerprint density at radius 1 is 1.30 bits per heavy atom. The van der Waals surface area contributed by atoms with E-state index in [0.29, 0.717) is 24.8 Å². The second-order valence-electron chi connectivity index (χ2n) is 6.61. The van der Waals surface area contributed by atoms with Crippen molar-refractivity contribution in [2.75, 3.05) is 0 Å². The maximum atomic E-state index is 12.4. The molecule has 4 heteroatoms. The Kier molecular flexibility index (Phi) is 4.51. The summed E-state index contributed by atoms with van der Waals surface area (Å²) >= 11 is 0. The molecule has 4 nitrogen and oxygen atoms in total. The molecule has 1 aromatic heterocycles. The van der Waals surface area contributed by atoms with Crippen LogP contribution in [0.5, 0.6) is 0 Å². The van der Waals surface area contributed by atoms with Crippen LogP contribution < -0.4 is 0 Å². The van der Waals surface area contributed by atoms with E-state index >= 15 is 0 Å². The number of aryl methyl sites for hydroxylation is 2. The van der Waals surface area contributed by atoms with Gasteiger partial charge in [-0.05, 0) is 33.6 Å². The van der Waals surface area contributed by atoms with Crippen LogP contribution in [0.4, 0.5) is 0 Å². The number of hydrogen-bond acceptors (Lipinski definition) is 3. The molecule has 0 aliphatic heterocycles. The van der Waals surface area contributed by atoms with Gasteiger partial charge in [0, 0.05) is 30.5 Å². The van der Waals surface area contributed by atoms with E-state index in [4.69, 9.17) is 4.42 Å². The highest BCUT2D eigenvalue weighted by atomic mass is 16.4. The third-order valence-corrected chi connectivity index (χ3v) is 4.23. The van der Waals surface area contributed by atoms with Gasteiger partial charge in [-0.1, -0.05) is 29.8 Å². The molecule has 23 heavy (non-hydrogen) atoms. The third kappa shape index (κ3) is 3.81. The van der Waals surface area contributed by atoms with Crippen LogP contribution in [0.15, 0.2) is 34.9 Å². The molecule has 2 aromatic rings. The van der Waals surface area contributed by atoms with Gasteiger partial charge in [0.1, 0.15) is 0 Å². The van der Waals surface area contributed by atoms with Gasteiger partial charge in [-0.2, -0.15) is 0 Å². The van der Waals surface area contributed by atoms with Crippen LogP contribution in [0.2, 0.25) is 0 Å². The molecule has 1 aromatic carbocycles. The maximum absolute atomic E-state index is 12.4. The van der Waals surface area contributed by atoms with E-state index in [1.54, 1.807) is 6.20 Å². The summed E-state index contributed by atoms with van der Waals surface area (Å²) in [5.74, 6) is 1.60. The second-order valence-corrected chi connectivity index (χ2v) is 6.61. The SMILES string of the molecule is Cc1ccc(-c2cnc(CCC(=O)N(C(C)C)C3CC3)o2)cc1. The first-order valence-corrected chi connectivity index (χ1v) is 8.37. The van der Waals surface area contributed by atoms with Gasteiger partial charge < -0.3 is 9.32 Å². The molecule has 0 unspecified atom stereocenters. The Hall–Kier alpha value is -2.10. The Bertz CT molecular complexity index is 667. The summed E-state index contributed by atoms with van der Waals surface area (Å²) in [6.45, 7) is 6.22. The van der Waals surface area contributed by atoms with Crippen LogP contribution >= 0.6 is 0 Å². The fourth-order valence-corrected chi connectivity index (χ4v) is 2.89. The largest absolute Gasteiger partial charge is 0.441 e. The average Bonchev–Trinajstić information content (AvgIpc) is 3.22. The van der Waals surface area contributed by atoms with Crippen molar-refractivity contribution in [3.8, 4) is 11.3 Å². The lowest BCUT2D eigenvalue weighted by molar-refractivity contribution is -0.133. The first-order chi connectivity index (χ1) is 11.0. The number of hydrogen-bond donors (Lipinski definition) is 0. The predicted molar refractivity (Wildman–Crippen MR) is 90.0 cm³/mol. The topological polar surface area (TPSA) is 46.3 Å². The summed E-state index contributed by atoms with van der Waals surface area (Å²) < 4.78 is 5.79. The molecule has 3 rings (SSSR count). The molecule has 1 aliphatic rings. The van der Waals surface area contributed by atoms with Crippen LogP contribution in [0.3, 0.4) is 0 Å². The van der Waals surface area contributed by atoms with Gasteiger partial charge in [0.15, 0.2) is 11.7 Å². The van der Waals surface area contributed by atoms with Gasteiger partial charge in [-0.25, -0.2) is 4.98 Å². The molecule has 0 N–H and O–H groups in total. The monoisotopic (exact) mass is 312 g/mol. The Labute approximate surface area is 137 Å². The number of carbonyl (C=O) groups is 1. The van der Waals surface area contributed by atoms with E-state index in [-0.39, 0.29) is 11.9 Å². The van der Waals surface area contributed by atoms with Gasteiger partial charge in [0.2, 0.25) is 5.91 Å². The lowest BCUT2D eigenvalue weighted by atomic mass is 10.1. The number of rotatable bonds is 6. The highest BCUT2D eigenvalue weighted by Crippen LogP contribution is 2.29. The van der Waals surface area contributed by atoms with Crippen molar-refractivity contribution < 1.29 is 9.21 Å². The summed E-state index contributed by atoms with van der Waals surface area (Å²) in [7, 11) is 0. The standard InChI is InChI=1S/C19H24N2O2/c1-13(2)21(16-8-9-16)19(22)11-10-18-20-12-17(23-18)15-6-4-14(3)5-7-15/h4-7,12-13,16H,8-11H2,1-3H3. The molecule has 0 bridgehead atoms. The first kappa shape index (κ1) is 15.8. The van der Waals surface area contributed by atoms with Crippen LogP contribution in [0.1, 0.15) is 44.6 Å². The van der Waals surface area contributed by atoms with E-state index in [1.807, 2.05) is 17.0 Å². The van der Waals surface area contributed by atoms with E-state index in [9.17, 15) is 4.79 Å². The fraction of sp³-hybridized carbons (Fsp3) is 0.474. The number of nitrogens with zero attached hydrogens (tertiary/aromatic N) is 2. The third-order valence-electron chi connectivity index (χ3n) is 4.23. The summed E-state index contributed by atoms with van der Waals surface area (Å²) in [6.07, 6.45) is 5.04. The summed E-state index contributed by atoms with van der Waals surface area (Å²) in [5.41, 5.74) is 2.23. The smallest absolute Gasteiger partial charge is 0.223 e. The Morgan fingerprint density at radius 2 is 2.00 bits per heavy atom. The summed E-state index contributed by atoms with van der Waals surface area (Å²) in [6, 6.07) is 8.88. The van der Waals surface area contributed by atoms with Crippen molar-refractivity contribution in [1.82, 2.24) is 9.88 Å². The molecule has 1 aliphatic carbocycles. The highest BCUT2D eigenvalue weighted by molar-refractivity contribution is 5.77. The lowest BCUT2D eigenvalue weighted by Gasteiger charge is -2.26. The van der Waals surface area contributed by atoms with Gasteiger partial charge in [0.25, 0.3) is 0 Å². The Morgan fingerprint density at radius 3 is 2.61 bits per heavy atom. The minimum Gasteiger partial charge on any atom is -0.441 e. The lowest BCUT2D eigenvalue weighted by Crippen LogP contribution is -2.38. The normalized spacial score (nSPS) is 14.3. The van der Waals surface area contributed by atoms with E-state index in [0.717, 1.165) is 24.2 Å². The summed E-state index contributed by atoms with van der Waals surface area (Å²) in [4.78, 5) is 18.7. The Balaban J connectivity index is 1.60. The number of aromatic nitrogens is 1. The van der Waals surface area contributed by atoms with Gasteiger partial charge in [-0.15, -0.1) is 0 Å². The number of benzene rings is 1. The van der Waals surface area contributed by atoms with Gasteiger partial charge in [0.05, 0.1) is 6.20 Å². The zero-order valence-electron chi connectivity index (χ0n) is 14.1.